The van der Waals surface area contributed by atoms with Crippen molar-refractivity contribution in [2.75, 3.05) is 0 Å². The molecule has 8 aromatic carbocycles. The highest BCUT2D eigenvalue weighted by Crippen LogP contribution is 2.43. The molecule has 3 aromatic heterocycles. The van der Waals surface area contributed by atoms with Crippen molar-refractivity contribution in [3.8, 4) is 33.6 Å². The van der Waals surface area contributed by atoms with Crippen LogP contribution >= 0.6 is 11.3 Å². The Morgan fingerprint density at radius 2 is 0.981 bits per heavy atom. The second kappa shape index (κ2) is 10.6. The summed E-state index contributed by atoms with van der Waals surface area (Å²) in [7, 11) is 0. The lowest BCUT2D eigenvalue weighted by Crippen LogP contribution is -1.99. The van der Waals surface area contributed by atoms with Crippen molar-refractivity contribution in [2.45, 2.75) is 6.42 Å². The highest BCUT2D eigenvalue weighted by atomic mass is 32.1. The number of thiophene rings is 1. The topological polar surface area (TPSA) is 9.86 Å². The molecule has 2 nitrogen and oxygen atoms in total. The van der Waals surface area contributed by atoms with E-state index in [0.29, 0.717) is 0 Å². The zero-order valence-corrected chi connectivity index (χ0v) is 29.0. The minimum Gasteiger partial charge on any atom is -0.309 e. The van der Waals surface area contributed by atoms with Gasteiger partial charge in [-0.05, 0) is 94.0 Å². The predicted molar refractivity (Wildman–Crippen MR) is 222 cm³/mol. The Morgan fingerprint density at radius 1 is 0.385 bits per heavy atom. The Balaban J connectivity index is 1.03. The number of rotatable bonds is 3. The first-order valence-electron chi connectivity index (χ1n) is 18.0. The first-order chi connectivity index (χ1) is 25.8. The summed E-state index contributed by atoms with van der Waals surface area (Å²) in [4.78, 5) is 0. The summed E-state index contributed by atoms with van der Waals surface area (Å²) >= 11 is 1.87. The van der Waals surface area contributed by atoms with Crippen LogP contribution in [0, 0.1) is 0 Å². The Labute approximate surface area is 304 Å². The van der Waals surface area contributed by atoms with Crippen LogP contribution in [0.3, 0.4) is 0 Å². The van der Waals surface area contributed by atoms with Gasteiger partial charge in [0.15, 0.2) is 0 Å². The van der Waals surface area contributed by atoms with Crippen LogP contribution in [0.4, 0.5) is 0 Å². The SMILES string of the molecule is c1ccc2c(c1)Cc1c-2cccc1-n1c2ccccc2c2cc(-c3ccc4c(c3)c3ccccc3n4-c3ccc4c(c3)sc3ccccc34)ccc21. The van der Waals surface area contributed by atoms with Crippen LogP contribution in [0.25, 0.3) is 97.4 Å². The maximum Gasteiger partial charge on any atom is 0.0541 e. The third-order valence-electron chi connectivity index (χ3n) is 11.4. The van der Waals surface area contributed by atoms with Gasteiger partial charge in [0.25, 0.3) is 0 Å². The minimum absolute atomic E-state index is 0.958. The zero-order valence-electron chi connectivity index (χ0n) is 28.2. The molecule has 1 aliphatic carbocycles. The van der Waals surface area contributed by atoms with Crippen molar-refractivity contribution in [2.24, 2.45) is 0 Å². The van der Waals surface area contributed by atoms with Gasteiger partial charge in [-0.2, -0.15) is 0 Å². The molecule has 242 valence electrons. The van der Waals surface area contributed by atoms with Crippen LogP contribution in [0.5, 0.6) is 0 Å². The van der Waals surface area contributed by atoms with Crippen LogP contribution in [-0.2, 0) is 6.42 Å². The summed E-state index contributed by atoms with van der Waals surface area (Å²) in [5.74, 6) is 0. The van der Waals surface area contributed by atoms with Gasteiger partial charge >= 0.3 is 0 Å². The van der Waals surface area contributed by atoms with Crippen LogP contribution in [0.2, 0.25) is 0 Å². The first kappa shape index (κ1) is 28.3. The maximum atomic E-state index is 2.49. The monoisotopic (exact) mass is 678 g/mol. The van der Waals surface area contributed by atoms with Gasteiger partial charge in [0.2, 0.25) is 0 Å². The molecule has 0 unspecified atom stereocenters. The molecule has 0 aliphatic heterocycles. The summed E-state index contributed by atoms with van der Waals surface area (Å²) in [5.41, 5.74) is 15.4. The molecule has 0 saturated heterocycles. The lowest BCUT2D eigenvalue weighted by atomic mass is 10.0. The van der Waals surface area contributed by atoms with Gasteiger partial charge in [0.1, 0.15) is 0 Å². The third kappa shape index (κ3) is 3.89. The molecule has 0 N–H and O–H groups in total. The van der Waals surface area contributed by atoms with Crippen molar-refractivity contribution >= 4 is 75.1 Å². The molecule has 0 amide bonds. The number of benzene rings is 8. The summed E-state index contributed by atoms with van der Waals surface area (Å²) in [6, 6.07) is 63.1. The number of aromatic nitrogens is 2. The van der Waals surface area contributed by atoms with Gasteiger partial charge in [-0.1, -0.05) is 109 Å². The fraction of sp³-hybridized carbons (Fsp3) is 0.0204. The second-order valence-corrected chi connectivity index (χ2v) is 15.2. The van der Waals surface area contributed by atoms with Gasteiger partial charge in [-0.15, -0.1) is 11.3 Å². The highest BCUT2D eigenvalue weighted by molar-refractivity contribution is 7.25. The molecule has 3 heterocycles. The molecule has 12 rings (SSSR count). The quantitative estimate of drug-likeness (QED) is 0.176. The van der Waals surface area contributed by atoms with Gasteiger partial charge in [0.05, 0.1) is 27.8 Å². The molecule has 0 saturated carbocycles. The standard InChI is InChI=1S/C49H30N2S/c1-2-11-34-32(10-1)28-40-35(34)15-9-18-45(40)51-44-17-7-4-13-37(44)42-27-31(21-25-47(42)51)30-20-24-46-41(26-30)36-12-3-6-16-43(36)50(46)33-22-23-39-38-14-5-8-19-48(38)52-49(39)29-33/h1-27,29H,28H2. The molecule has 0 bridgehead atoms. The third-order valence-corrected chi connectivity index (χ3v) is 12.5. The lowest BCUT2D eigenvalue weighted by molar-refractivity contribution is 1.12. The Kier molecular flexibility index (Phi) is 5.74. The average molecular weight is 679 g/mol. The summed E-state index contributed by atoms with van der Waals surface area (Å²) < 4.78 is 7.58. The molecule has 0 atom stereocenters. The van der Waals surface area contributed by atoms with Gasteiger partial charge in [-0.3, -0.25) is 0 Å². The van der Waals surface area contributed by atoms with Crippen molar-refractivity contribution in [3.63, 3.8) is 0 Å². The van der Waals surface area contributed by atoms with E-state index >= 15 is 0 Å². The minimum atomic E-state index is 0.958. The Hall–Kier alpha value is -6.42. The van der Waals surface area contributed by atoms with E-state index in [1.807, 2.05) is 11.3 Å². The van der Waals surface area contributed by atoms with E-state index < -0.39 is 0 Å². The molecule has 1 aliphatic rings. The van der Waals surface area contributed by atoms with E-state index in [-0.39, 0.29) is 0 Å². The van der Waals surface area contributed by atoms with E-state index in [1.165, 1.54) is 109 Å². The fourth-order valence-electron chi connectivity index (χ4n) is 9.05. The molecular formula is C49H30N2S. The number of hydrogen-bond acceptors (Lipinski definition) is 1. The Bertz CT molecular complexity index is 3280. The molecule has 3 heteroatoms. The normalized spacial score (nSPS) is 12.5. The van der Waals surface area contributed by atoms with Crippen LogP contribution < -0.4 is 0 Å². The van der Waals surface area contributed by atoms with Crippen molar-refractivity contribution in [1.29, 1.82) is 0 Å². The predicted octanol–water partition coefficient (Wildman–Crippen LogP) is 13.5. The van der Waals surface area contributed by atoms with Gasteiger partial charge in [-0.25, -0.2) is 0 Å². The van der Waals surface area contributed by atoms with Gasteiger partial charge in [0, 0.05) is 53.8 Å². The molecule has 0 fully saturated rings. The smallest absolute Gasteiger partial charge is 0.0541 e. The van der Waals surface area contributed by atoms with E-state index in [9.17, 15) is 0 Å². The summed E-state index contributed by atoms with van der Waals surface area (Å²) in [5, 5.41) is 7.76. The second-order valence-electron chi connectivity index (χ2n) is 14.1. The van der Waals surface area contributed by atoms with Crippen molar-refractivity contribution < 1.29 is 0 Å². The van der Waals surface area contributed by atoms with Crippen molar-refractivity contribution in [3.05, 3.63) is 181 Å². The first-order valence-corrected chi connectivity index (χ1v) is 18.8. The average Bonchev–Trinajstić information content (AvgIpc) is 3.95. The summed E-state index contributed by atoms with van der Waals surface area (Å²) in [6.45, 7) is 0. The molecular weight excluding hydrogens is 649 g/mol. The highest BCUT2D eigenvalue weighted by Gasteiger charge is 2.23. The van der Waals surface area contributed by atoms with E-state index in [4.69, 9.17) is 0 Å². The van der Waals surface area contributed by atoms with E-state index in [0.717, 1.165) is 6.42 Å². The van der Waals surface area contributed by atoms with Gasteiger partial charge < -0.3 is 9.13 Å². The largest absolute Gasteiger partial charge is 0.309 e. The lowest BCUT2D eigenvalue weighted by Gasteiger charge is -2.13. The molecule has 11 aromatic rings. The number of para-hydroxylation sites is 2. The molecule has 0 radical (unpaired) electrons. The molecule has 52 heavy (non-hydrogen) atoms. The molecule has 0 spiro atoms. The summed E-state index contributed by atoms with van der Waals surface area (Å²) in [6.07, 6.45) is 0.958. The van der Waals surface area contributed by atoms with Crippen LogP contribution in [0.1, 0.15) is 11.1 Å². The number of nitrogens with zero attached hydrogens (tertiary/aromatic N) is 2. The maximum absolute atomic E-state index is 2.49. The van der Waals surface area contributed by atoms with E-state index in [2.05, 4.69) is 179 Å². The van der Waals surface area contributed by atoms with Crippen LogP contribution in [0.15, 0.2) is 170 Å². The van der Waals surface area contributed by atoms with Crippen molar-refractivity contribution in [1.82, 2.24) is 9.13 Å². The zero-order chi connectivity index (χ0) is 33.9. The number of hydrogen-bond donors (Lipinski definition) is 0. The Morgan fingerprint density at radius 3 is 1.77 bits per heavy atom. The van der Waals surface area contributed by atoms with Crippen LogP contribution in [-0.4, -0.2) is 9.13 Å². The number of fused-ring (bicyclic) bond motifs is 12. The fourth-order valence-corrected chi connectivity index (χ4v) is 10.2. The van der Waals surface area contributed by atoms with E-state index in [1.54, 1.807) is 0 Å².